The van der Waals surface area contributed by atoms with E-state index in [-0.39, 0.29) is 29.4 Å². The molecule has 0 atom stereocenters. The third-order valence-electron chi connectivity index (χ3n) is 5.33. The Balaban J connectivity index is 1.70. The zero-order valence-electron chi connectivity index (χ0n) is 18.3. The standard InChI is InChI=1S/C23H28ClN3O3S2/c1-3-26(4-2)15-16-27(23-25-20-8-5-6-9-21(20)31-23)22(28)10-7-17-32(29,30)19-13-11-18(24)12-14-19/h5-6,8-9,11-14H,3-4,7,10,15-17H2,1-2H3. The Morgan fingerprint density at radius 1 is 1.03 bits per heavy atom. The van der Waals surface area contributed by atoms with Crippen molar-refractivity contribution in [2.45, 2.75) is 31.6 Å². The molecule has 3 aromatic rings. The molecule has 0 N–H and O–H groups in total. The predicted molar refractivity (Wildman–Crippen MR) is 132 cm³/mol. The molecule has 32 heavy (non-hydrogen) atoms. The van der Waals surface area contributed by atoms with Gasteiger partial charge < -0.3 is 4.90 Å². The minimum Gasteiger partial charge on any atom is -0.302 e. The van der Waals surface area contributed by atoms with E-state index in [2.05, 4.69) is 23.7 Å². The summed E-state index contributed by atoms with van der Waals surface area (Å²) >= 11 is 7.33. The molecule has 0 unspecified atom stereocenters. The molecule has 0 bridgehead atoms. The number of fused-ring (bicyclic) bond motifs is 1. The quantitative estimate of drug-likeness (QED) is 0.380. The second kappa shape index (κ2) is 11.2. The summed E-state index contributed by atoms with van der Waals surface area (Å²) in [5.74, 6) is -0.202. The highest BCUT2D eigenvalue weighted by Crippen LogP contribution is 2.29. The molecule has 2 aromatic carbocycles. The monoisotopic (exact) mass is 493 g/mol. The highest BCUT2D eigenvalue weighted by molar-refractivity contribution is 7.91. The Kier molecular flexibility index (Phi) is 8.64. The molecular formula is C23H28ClN3O3S2. The van der Waals surface area contributed by atoms with Crippen LogP contribution in [0.4, 0.5) is 5.13 Å². The maximum absolute atomic E-state index is 13.1. The Morgan fingerprint density at radius 3 is 2.38 bits per heavy atom. The average molecular weight is 494 g/mol. The smallest absolute Gasteiger partial charge is 0.228 e. The van der Waals surface area contributed by atoms with Crippen LogP contribution in [0.5, 0.6) is 0 Å². The first-order valence-electron chi connectivity index (χ1n) is 10.7. The molecule has 0 aliphatic heterocycles. The number of thiazole rings is 1. The zero-order chi connectivity index (χ0) is 23.1. The third kappa shape index (κ3) is 6.28. The summed E-state index contributed by atoms with van der Waals surface area (Å²) in [5.41, 5.74) is 0.860. The summed E-state index contributed by atoms with van der Waals surface area (Å²) in [4.78, 5) is 22.0. The molecule has 1 heterocycles. The van der Waals surface area contributed by atoms with Crippen molar-refractivity contribution in [1.82, 2.24) is 9.88 Å². The second-order valence-electron chi connectivity index (χ2n) is 7.41. The molecule has 0 fully saturated rings. The van der Waals surface area contributed by atoms with Gasteiger partial charge in [-0.1, -0.05) is 48.9 Å². The molecule has 3 rings (SSSR count). The van der Waals surface area contributed by atoms with E-state index in [4.69, 9.17) is 11.6 Å². The minimum atomic E-state index is -3.47. The number of para-hydroxylation sites is 1. The number of rotatable bonds is 11. The van der Waals surface area contributed by atoms with E-state index in [0.29, 0.717) is 16.7 Å². The van der Waals surface area contributed by atoms with Gasteiger partial charge in [0.05, 0.1) is 20.9 Å². The Morgan fingerprint density at radius 2 is 1.72 bits per heavy atom. The largest absolute Gasteiger partial charge is 0.302 e. The molecule has 0 spiro atoms. The molecule has 6 nitrogen and oxygen atoms in total. The minimum absolute atomic E-state index is 0.0932. The van der Waals surface area contributed by atoms with Gasteiger partial charge in [0.1, 0.15) is 0 Å². The molecule has 1 aromatic heterocycles. The van der Waals surface area contributed by atoms with Crippen molar-refractivity contribution >= 4 is 54.0 Å². The number of likely N-dealkylation sites (N-methyl/N-ethyl adjacent to an activating group) is 1. The van der Waals surface area contributed by atoms with Crippen LogP contribution in [-0.2, 0) is 14.6 Å². The first kappa shape index (κ1) is 24.6. The fourth-order valence-electron chi connectivity index (χ4n) is 3.39. The second-order valence-corrected chi connectivity index (χ2v) is 11.0. The van der Waals surface area contributed by atoms with Gasteiger partial charge in [0.2, 0.25) is 5.91 Å². The van der Waals surface area contributed by atoms with E-state index in [1.807, 2.05) is 24.3 Å². The van der Waals surface area contributed by atoms with E-state index in [1.54, 1.807) is 17.0 Å². The molecule has 0 aliphatic carbocycles. The Bertz CT molecular complexity index is 1110. The lowest BCUT2D eigenvalue weighted by molar-refractivity contribution is -0.118. The molecular weight excluding hydrogens is 466 g/mol. The molecule has 0 radical (unpaired) electrons. The van der Waals surface area contributed by atoms with Crippen molar-refractivity contribution in [2.75, 3.05) is 36.8 Å². The highest BCUT2D eigenvalue weighted by atomic mass is 35.5. The van der Waals surface area contributed by atoms with Crippen molar-refractivity contribution in [3.05, 3.63) is 53.6 Å². The summed E-state index contributed by atoms with van der Waals surface area (Å²) in [7, 11) is -3.47. The van der Waals surface area contributed by atoms with Gasteiger partial charge in [0, 0.05) is 24.5 Å². The zero-order valence-corrected chi connectivity index (χ0v) is 20.7. The van der Waals surface area contributed by atoms with E-state index >= 15 is 0 Å². The number of halogens is 1. The third-order valence-corrected chi connectivity index (χ3v) is 8.45. The number of amides is 1. The van der Waals surface area contributed by atoms with Gasteiger partial charge in [0.15, 0.2) is 15.0 Å². The number of carbonyl (C=O) groups excluding carboxylic acids is 1. The summed E-state index contributed by atoms with van der Waals surface area (Å²) in [6, 6.07) is 13.9. The Hall–Kier alpha value is -2.00. The SMILES string of the molecule is CCN(CC)CCN(C(=O)CCCS(=O)(=O)c1ccc(Cl)cc1)c1nc2ccccc2s1. The number of nitrogens with zero attached hydrogens (tertiary/aromatic N) is 3. The van der Waals surface area contributed by atoms with Crippen LogP contribution in [0.1, 0.15) is 26.7 Å². The number of carbonyl (C=O) groups is 1. The van der Waals surface area contributed by atoms with Gasteiger partial charge in [0.25, 0.3) is 0 Å². The molecule has 0 saturated carbocycles. The van der Waals surface area contributed by atoms with Crippen molar-refractivity contribution < 1.29 is 13.2 Å². The number of hydrogen-bond acceptors (Lipinski definition) is 6. The van der Waals surface area contributed by atoms with Crippen molar-refractivity contribution in [2.24, 2.45) is 0 Å². The van der Waals surface area contributed by atoms with Crippen LogP contribution < -0.4 is 4.90 Å². The molecule has 9 heteroatoms. The summed E-state index contributed by atoms with van der Waals surface area (Å²) in [6.45, 7) is 7.24. The van der Waals surface area contributed by atoms with Crippen LogP contribution in [0, 0.1) is 0 Å². The lowest BCUT2D eigenvalue weighted by Gasteiger charge is -2.24. The molecule has 0 aliphatic rings. The number of hydrogen-bond donors (Lipinski definition) is 0. The van der Waals surface area contributed by atoms with Crippen LogP contribution in [0.3, 0.4) is 0 Å². The van der Waals surface area contributed by atoms with Crippen molar-refractivity contribution in [3.63, 3.8) is 0 Å². The van der Waals surface area contributed by atoms with Crippen LogP contribution in [0.2, 0.25) is 5.02 Å². The lowest BCUT2D eigenvalue weighted by atomic mass is 10.3. The topological polar surface area (TPSA) is 70.6 Å². The van der Waals surface area contributed by atoms with E-state index in [1.165, 1.54) is 23.5 Å². The van der Waals surface area contributed by atoms with Gasteiger partial charge >= 0.3 is 0 Å². The fourth-order valence-corrected chi connectivity index (χ4v) is 5.84. The maximum Gasteiger partial charge on any atom is 0.228 e. The van der Waals surface area contributed by atoms with Crippen LogP contribution >= 0.6 is 22.9 Å². The van der Waals surface area contributed by atoms with Gasteiger partial charge in [-0.2, -0.15) is 0 Å². The number of sulfone groups is 1. The van der Waals surface area contributed by atoms with Crippen LogP contribution in [-0.4, -0.2) is 56.1 Å². The predicted octanol–water partition coefficient (Wildman–Crippen LogP) is 4.88. The van der Waals surface area contributed by atoms with E-state index < -0.39 is 9.84 Å². The van der Waals surface area contributed by atoms with E-state index in [0.717, 1.165) is 29.9 Å². The van der Waals surface area contributed by atoms with Gasteiger partial charge in [-0.15, -0.1) is 0 Å². The first-order valence-corrected chi connectivity index (χ1v) is 13.6. The molecule has 0 saturated heterocycles. The van der Waals surface area contributed by atoms with Gasteiger partial charge in [-0.25, -0.2) is 13.4 Å². The van der Waals surface area contributed by atoms with Crippen molar-refractivity contribution in [3.8, 4) is 0 Å². The summed E-state index contributed by atoms with van der Waals surface area (Å²) in [5, 5.41) is 1.14. The van der Waals surface area contributed by atoms with Crippen molar-refractivity contribution in [1.29, 1.82) is 0 Å². The highest BCUT2D eigenvalue weighted by Gasteiger charge is 2.22. The summed E-state index contributed by atoms with van der Waals surface area (Å²) in [6.07, 6.45) is 0.386. The van der Waals surface area contributed by atoms with Gasteiger partial charge in [-0.05, 0) is 55.9 Å². The van der Waals surface area contributed by atoms with Crippen LogP contribution in [0.25, 0.3) is 10.2 Å². The normalized spacial score (nSPS) is 11.9. The van der Waals surface area contributed by atoms with Gasteiger partial charge in [-0.3, -0.25) is 9.69 Å². The van der Waals surface area contributed by atoms with E-state index in [9.17, 15) is 13.2 Å². The average Bonchev–Trinajstić information content (AvgIpc) is 3.20. The Labute approximate surface area is 198 Å². The molecule has 1 amide bonds. The van der Waals surface area contributed by atoms with Crippen LogP contribution in [0.15, 0.2) is 53.4 Å². The number of benzene rings is 2. The summed E-state index contributed by atoms with van der Waals surface area (Å²) < 4.78 is 26.2. The number of anilines is 1. The maximum atomic E-state index is 13.1. The number of aromatic nitrogens is 1. The molecule has 172 valence electrons. The fraction of sp³-hybridized carbons (Fsp3) is 0.391. The lowest BCUT2D eigenvalue weighted by Crippen LogP contribution is -2.38. The first-order chi connectivity index (χ1) is 15.3.